The topological polar surface area (TPSA) is 64.7 Å². The van der Waals surface area contributed by atoms with E-state index < -0.39 is 0 Å². The summed E-state index contributed by atoms with van der Waals surface area (Å²) in [7, 11) is 0. The second-order valence-electron chi connectivity index (χ2n) is 8.77. The highest BCUT2D eigenvalue weighted by atomic mass is 35.5. The largest absolute Gasteiger partial charge is 0.370 e. The molecule has 4 rings (SSSR count). The SMILES string of the molecule is CC(=O)CNC1CCN(c2ccc(NC(=O)N3CCC(c4ccccc4Cl)CC3)cc2)C1. The molecule has 2 aromatic carbocycles. The quantitative estimate of drug-likeness (QED) is 0.674. The molecule has 0 saturated carbocycles. The van der Waals surface area contributed by atoms with E-state index in [0.29, 0.717) is 18.5 Å². The number of carbonyl (C=O) groups is 2. The molecule has 1 atom stereocenters. The number of nitrogens with one attached hydrogen (secondary N) is 2. The fourth-order valence-electron chi connectivity index (χ4n) is 4.61. The summed E-state index contributed by atoms with van der Waals surface area (Å²) in [6.45, 7) is 5.33. The number of amides is 2. The van der Waals surface area contributed by atoms with Gasteiger partial charge in [-0.3, -0.25) is 4.79 Å². The van der Waals surface area contributed by atoms with Crippen molar-refractivity contribution < 1.29 is 9.59 Å². The Morgan fingerprint density at radius 1 is 1.00 bits per heavy atom. The van der Waals surface area contributed by atoms with E-state index in [1.54, 1.807) is 6.92 Å². The lowest BCUT2D eigenvalue weighted by Crippen LogP contribution is -2.40. The lowest BCUT2D eigenvalue weighted by Gasteiger charge is -2.32. The number of rotatable bonds is 6. The number of anilines is 2. The molecular weight excluding hydrogens is 424 g/mol. The van der Waals surface area contributed by atoms with Crippen molar-refractivity contribution in [2.24, 2.45) is 0 Å². The minimum absolute atomic E-state index is 0.0509. The second kappa shape index (κ2) is 10.4. The maximum Gasteiger partial charge on any atom is 0.321 e. The Balaban J connectivity index is 1.26. The van der Waals surface area contributed by atoms with Gasteiger partial charge in [0.2, 0.25) is 0 Å². The number of piperidine rings is 1. The van der Waals surface area contributed by atoms with E-state index in [0.717, 1.165) is 61.8 Å². The van der Waals surface area contributed by atoms with Crippen molar-refractivity contribution in [1.82, 2.24) is 10.2 Å². The van der Waals surface area contributed by atoms with Crippen molar-refractivity contribution in [1.29, 1.82) is 0 Å². The van der Waals surface area contributed by atoms with Crippen LogP contribution in [-0.2, 0) is 4.79 Å². The van der Waals surface area contributed by atoms with Crippen LogP contribution in [0.15, 0.2) is 48.5 Å². The number of carbonyl (C=O) groups excluding carboxylic acids is 2. The summed E-state index contributed by atoms with van der Waals surface area (Å²) in [5.74, 6) is 0.567. The molecule has 2 amide bonds. The Morgan fingerprint density at radius 2 is 1.72 bits per heavy atom. The van der Waals surface area contributed by atoms with E-state index in [9.17, 15) is 9.59 Å². The molecule has 2 heterocycles. The monoisotopic (exact) mass is 454 g/mol. The van der Waals surface area contributed by atoms with Crippen molar-refractivity contribution >= 4 is 34.8 Å². The van der Waals surface area contributed by atoms with E-state index in [-0.39, 0.29) is 11.8 Å². The number of hydrogen-bond donors (Lipinski definition) is 2. The highest BCUT2D eigenvalue weighted by molar-refractivity contribution is 6.31. The second-order valence-corrected chi connectivity index (χ2v) is 9.18. The van der Waals surface area contributed by atoms with Gasteiger partial charge in [0.15, 0.2) is 0 Å². The first kappa shape index (κ1) is 22.6. The van der Waals surface area contributed by atoms with Gasteiger partial charge in [0.1, 0.15) is 5.78 Å². The van der Waals surface area contributed by atoms with Crippen LogP contribution in [0.1, 0.15) is 37.7 Å². The molecule has 2 N–H and O–H groups in total. The fraction of sp³-hybridized carbons (Fsp3) is 0.440. The van der Waals surface area contributed by atoms with Gasteiger partial charge in [0, 0.05) is 48.6 Å². The average molecular weight is 455 g/mol. The number of nitrogens with zero attached hydrogens (tertiary/aromatic N) is 2. The van der Waals surface area contributed by atoms with E-state index in [4.69, 9.17) is 11.6 Å². The number of Topliss-reactive ketones (excluding diaryl/α,β-unsaturated/α-hetero) is 1. The van der Waals surface area contributed by atoms with Gasteiger partial charge < -0.3 is 20.4 Å². The molecule has 7 heteroatoms. The van der Waals surface area contributed by atoms with Crippen molar-refractivity contribution in [2.75, 3.05) is 42.9 Å². The molecule has 1 unspecified atom stereocenters. The first-order valence-electron chi connectivity index (χ1n) is 11.4. The first-order valence-corrected chi connectivity index (χ1v) is 11.8. The van der Waals surface area contributed by atoms with Crippen LogP contribution < -0.4 is 15.5 Å². The van der Waals surface area contributed by atoms with Gasteiger partial charge in [-0.2, -0.15) is 0 Å². The summed E-state index contributed by atoms with van der Waals surface area (Å²) in [4.78, 5) is 28.1. The molecule has 0 aromatic heterocycles. The standard InChI is InChI=1S/C25H31ClN4O2/c1-18(31)16-27-21-12-15-30(17-21)22-8-6-20(7-9-22)28-25(32)29-13-10-19(11-14-29)23-4-2-3-5-24(23)26/h2-9,19,21,27H,10-17H2,1H3,(H,28,32). The Hall–Kier alpha value is -2.57. The zero-order valence-corrected chi connectivity index (χ0v) is 19.3. The van der Waals surface area contributed by atoms with Crippen LogP contribution in [0.25, 0.3) is 0 Å². The van der Waals surface area contributed by atoms with Gasteiger partial charge in [-0.25, -0.2) is 4.79 Å². The number of likely N-dealkylation sites (tertiary alicyclic amines) is 1. The zero-order chi connectivity index (χ0) is 22.5. The highest BCUT2D eigenvalue weighted by Gasteiger charge is 2.25. The minimum atomic E-state index is -0.0509. The number of urea groups is 1. The minimum Gasteiger partial charge on any atom is -0.370 e. The summed E-state index contributed by atoms with van der Waals surface area (Å²) in [6.07, 6.45) is 2.86. The van der Waals surface area contributed by atoms with Gasteiger partial charge >= 0.3 is 6.03 Å². The Kier molecular flexibility index (Phi) is 7.33. The molecule has 0 spiro atoms. The smallest absolute Gasteiger partial charge is 0.321 e. The third-order valence-electron chi connectivity index (χ3n) is 6.44. The number of ketones is 1. The summed E-state index contributed by atoms with van der Waals surface area (Å²) in [6, 6.07) is 16.3. The van der Waals surface area contributed by atoms with E-state index in [2.05, 4.69) is 21.6 Å². The van der Waals surface area contributed by atoms with Gasteiger partial charge in [-0.05, 0) is 68.0 Å². The Morgan fingerprint density at radius 3 is 2.41 bits per heavy atom. The predicted molar refractivity (Wildman–Crippen MR) is 130 cm³/mol. The molecule has 6 nitrogen and oxygen atoms in total. The van der Waals surface area contributed by atoms with Crippen LogP contribution in [0.4, 0.5) is 16.2 Å². The zero-order valence-electron chi connectivity index (χ0n) is 18.5. The third-order valence-corrected chi connectivity index (χ3v) is 6.78. The van der Waals surface area contributed by atoms with Gasteiger partial charge in [-0.1, -0.05) is 29.8 Å². The highest BCUT2D eigenvalue weighted by Crippen LogP contribution is 2.32. The van der Waals surface area contributed by atoms with E-state index in [1.165, 1.54) is 5.56 Å². The Bertz CT molecular complexity index is 941. The normalized spacial score (nSPS) is 19.2. The van der Waals surface area contributed by atoms with Crippen LogP contribution in [0.2, 0.25) is 5.02 Å². The van der Waals surface area contributed by atoms with Crippen LogP contribution in [0.5, 0.6) is 0 Å². The summed E-state index contributed by atoms with van der Waals surface area (Å²) in [5.41, 5.74) is 3.12. The molecule has 0 bridgehead atoms. The average Bonchev–Trinajstić information content (AvgIpc) is 3.28. The Labute approximate surface area is 194 Å². The van der Waals surface area contributed by atoms with Crippen LogP contribution in [-0.4, -0.2) is 55.5 Å². The maximum absolute atomic E-state index is 12.7. The summed E-state index contributed by atoms with van der Waals surface area (Å²) >= 11 is 6.35. The van der Waals surface area contributed by atoms with Crippen LogP contribution >= 0.6 is 11.6 Å². The summed E-state index contributed by atoms with van der Waals surface area (Å²) in [5, 5.41) is 7.15. The van der Waals surface area contributed by atoms with Crippen molar-refractivity contribution in [3.63, 3.8) is 0 Å². The molecule has 2 aliphatic rings. The molecule has 2 saturated heterocycles. The summed E-state index contributed by atoms with van der Waals surface area (Å²) < 4.78 is 0. The fourth-order valence-corrected chi connectivity index (χ4v) is 4.90. The first-order chi connectivity index (χ1) is 15.5. The van der Waals surface area contributed by atoms with Gasteiger partial charge in [-0.15, -0.1) is 0 Å². The van der Waals surface area contributed by atoms with E-state index >= 15 is 0 Å². The lowest BCUT2D eigenvalue weighted by molar-refractivity contribution is -0.116. The molecule has 2 aliphatic heterocycles. The molecule has 0 radical (unpaired) electrons. The van der Waals surface area contributed by atoms with Crippen LogP contribution in [0.3, 0.4) is 0 Å². The van der Waals surface area contributed by atoms with E-state index in [1.807, 2.05) is 47.4 Å². The molecule has 2 aromatic rings. The lowest BCUT2D eigenvalue weighted by atomic mass is 9.89. The molecule has 0 aliphatic carbocycles. The number of hydrogen-bond acceptors (Lipinski definition) is 4. The predicted octanol–water partition coefficient (Wildman–Crippen LogP) is 4.51. The molecular formula is C25H31ClN4O2. The van der Waals surface area contributed by atoms with Crippen LogP contribution in [0, 0.1) is 0 Å². The molecule has 170 valence electrons. The van der Waals surface area contributed by atoms with Crippen molar-refractivity contribution in [2.45, 2.75) is 38.1 Å². The number of benzene rings is 2. The third kappa shape index (κ3) is 5.61. The maximum atomic E-state index is 12.7. The van der Waals surface area contributed by atoms with Crippen molar-refractivity contribution in [3.05, 3.63) is 59.1 Å². The number of halogens is 1. The van der Waals surface area contributed by atoms with Crippen molar-refractivity contribution in [3.8, 4) is 0 Å². The molecule has 2 fully saturated rings. The molecule has 32 heavy (non-hydrogen) atoms. The van der Waals surface area contributed by atoms with Gasteiger partial charge in [0.05, 0.1) is 6.54 Å². The van der Waals surface area contributed by atoms with Gasteiger partial charge in [0.25, 0.3) is 0 Å².